The molecule has 1 N–H and O–H groups in total. The largest absolute Gasteiger partial charge is 0.376 e. The van der Waals surface area contributed by atoms with E-state index < -0.39 is 0 Å². The van der Waals surface area contributed by atoms with Crippen molar-refractivity contribution >= 4 is 5.91 Å². The van der Waals surface area contributed by atoms with Gasteiger partial charge < -0.3 is 14.9 Å². The lowest BCUT2D eigenvalue weighted by molar-refractivity contribution is -0.129. The third kappa shape index (κ3) is 5.38. The summed E-state index contributed by atoms with van der Waals surface area (Å²) in [4.78, 5) is 14.4. The van der Waals surface area contributed by atoms with Gasteiger partial charge in [-0.15, -0.1) is 0 Å². The van der Waals surface area contributed by atoms with E-state index in [1.807, 2.05) is 19.0 Å². The molecule has 0 fully saturated rings. The Balaban J connectivity index is 3.72. The van der Waals surface area contributed by atoms with E-state index in [9.17, 15) is 4.79 Å². The van der Waals surface area contributed by atoms with Crippen molar-refractivity contribution in [2.24, 2.45) is 0 Å². The Labute approximate surface area is 79.4 Å². The minimum atomic E-state index is -0.238. The van der Waals surface area contributed by atoms with Gasteiger partial charge in [0.1, 0.15) is 6.73 Å². The lowest BCUT2D eigenvalue weighted by Gasteiger charge is -2.19. The molecule has 0 rings (SSSR count). The van der Waals surface area contributed by atoms with Gasteiger partial charge in [-0.3, -0.25) is 4.79 Å². The predicted molar refractivity (Wildman–Crippen MR) is 52.2 cm³/mol. The molecule has 0 unspecified atom stereocenters. The number of nitrogens with zero attached hydrogens (tertiary/aromatic N) is 2. The van der Waals surface area contributed by atoms with Gasteiger partial charge in [-0.25, -0.2) is 0 Å². The Morgan fingerprint density at radius 2 is 2.08 bits per heavy atom. The normalized spacial score (nSPS) is 10.2. The van der Waals surface area contributed by atoms with Gasteiger partial charge in [0, 0.05) is 6.54 Å². The Hall–Kier alpha value is -0.870. The molecule has 1 amide bonds. The van der Waals surface area contributed by atoms with Gasteiger partial charge in [0.25, 0.3) is 0 Å². The molecule has 0 heterocycles. The summed E-state index contributed by atoms with van der Waals surface area (Å²) in [5.74, 6) is -0.221. The van der Waals surface area contributed by atoms with Crippen LogP contribution in [0.5, 0.6) is 0 Å². The second kappa shape index (κ2) is 6.62. The van der Waals surface area contributed by atoms with Crippen molar-refractivity contribution in [3.8, 4) is 0 Å². The Kier molecular flexibility index (Phi) is 6.18. The van der Waals surface area contributed by atoms with E-state index in [1.165, 1.54) is 11.0 Å². The number of hydrogen-bond acceptors (Lipinski definition) is 3. The molecule has 0 aromatic heterocycles. The van der Waals surface area contributed by atoms with Crippen LogP contribution < -0.4 is 0 Å². The van der Waals surface area contributed by atoms with Crippen molar-refractivity contribution in [3.05, 3.63) is 12.7 Å². The topological polar surface area (TPSA) is 43.8 Å². The van der Waals surface area contributed by atoms with Crippen molar-refractivity contribution in [2.75, 3.05) is 33.9 Å². The summed E-state index contributed by atoms with van der Waals surface area (Å²) >= 11 is 0. The fourth-order valence-electron chi connectivity index (χ4n) is 0.957. The van der Waals surface area contributed by atoms with Gasteiger partial charge >= 0.3 is 0 Å². The number of carbonyl (C=O) groups is 1. The predicted octanol–water partition coefficient (Wildman–Crippen LogP) is -0.0975. The fraction of sp³-hybridized carbons (Fsp3) is 0.667. The highest BCUT2D eigenvalue weighted by Gasteiger charge is 2.07. The average Bonchev–Trinajstić information content (AvgIpc) is 2.11. The molecule has 0 aromatic carbocycles. The summed E-state index contributed by atoms with van der Waals surface area (Å²) in [5.41, 5.74) is 0. The molecule has 13 heavy (non-hydrogen) atoms. The molecule has 0 bridgehead atoms. The van der Waals surface area contributed by atoms with E-state index in [2.05, 4.69) is 6.58 Å². The van der Waals surface area contributed by atoms with Gasteiger partial charge in [-0.1, -0.05) is 6.58 Å². The molecule has 0 aliphatic rings. The number of aliphatic hydroxyl groups is 1. The number of aliphatic hydroxyl groups excluding tert-OH is 1. The highest BCUT2D eigenvalue weighted by Crippen LogP contribution is 1.93. The summed E-state index contributed by atoms with van der Waals surface area (Å²) in [5, 5.41) is 8.84. The first-order chi connectivity index (χ1) is 6.11. The molecule has 0 aliphatic heterocycles. The first kappa shape index (κ1) is 12.1. The zero-order valence-electron chi connectivity index (χ0n) is 8.36. The van der Waals surface area contributed by atoms with Crippen LogP contribution in [0.3, 0.4) is 0 Å². The molecule has 0 aliphatic carbocycles. The van der Waals surface area contributed by atoms with Crippen LogP contribution in [0.2, 0.25) is 0 Å². The van der Waals surface area contributed by atoms with E-state index in [1.54, 1.807) is 0 Å². The SMILES string of the molecule is C=CC(=O)N(CO)CCCN(C)C. The molecule has 0 saturated heterocycles. The number of amides is 1. The standard InChI is InChI=1S/C9H18N2O2/c1-4-9(13)11(8-12)7-5-6-10(2)3/h4,12H,1,5-8H2,2-3H3. The van der Waals surface area contributed by atoms with Gasteiger partial charge in [0.05, 0.1) is 0 Å². The van der Waals surface area contributed by atoms with E-state index in [0.29, 0.717) is 6.54 Å². The zero-order chi connectivity index (χ0) is 10.3. The maximum atomic E-state index is 11.1. The molecule has 0 spiro atoms. The number of carbonyl (C=O) groups excluding carboxylic acids is 1. The second-order valence-electron chi connectivity index (χ2n) is 3.10. The molecular weight excluding hydrogens is 168 g/mol. The molecule has 76 valence electrons. The van der Waals surface area contributed by atoms with Crippen molar-refractivity contribution in [1.82, 2.24) is 9.80 Å². The lowest BCUT2D eigenvalue weighted by Crippen LogP contribution is -2.32. The van der Waals surface area contributed by atoms with Crippen molar-refractivity contribution in [2.45, 2.75) is 6.42 Å². The minimum Gasteiger partial charge on any atom is -0.376 e. The third-order valence-corrected chi connectivity index (χ3v) is 1.69. The maximum Gasteiger partial charge on any atom is 0.247 e. The van der Waals surface area contributed by atoms with Crippen LogP contribution in [0.15, 0.2) is 12.7 Å². The Morgan fingerprint density at radius 3 is 2.46 bits per heavy atom. The van der Waals surface area contributed by atoms with Gasteiger partial charge in [-0.2, -0.15) is 0 Å². The Morgan fingerprint density at radius 1 is 1.46 bits per heavy atom. The highest BCUT2D eigenvalue weighted by molar-refractivity contribution is 5.86. The molecule has 0 radical (unpaired) electrons. The molecule has 4 heteroatoms. The number of hydrogen-bond donors (Lipinski definition) is 1. The van der Waals surface area contributed by atoms with Gasteiger partial charge in [0.2, 0.25) is 5.91 Å². The van der Waals surface area contributed by atoms with Crippen LogP contribution in [-0.2, 0) is 4.79 Å². The quantitative estimate of drug-likeness (QED) is 0.465. The highest BCUT2D eigenvalue weighted by atomic mass is 16.3. The summed E-state index contributed by atoms with van der Waals surface area (Å²) in [6.07, 6.45) is 2.07. The first-order valence-corrected chi connectivity index (χ1v) is 4.28. The van der Waals surface area contributed by atoms with Crippen LogP contribution in [0.1, 0.15) is 6.42 Å². The monoisotopic (exact) mass is 186 g/mol. The van der Waals surface area contributed by atoms with E-state index in [-0.39, 0.29) is 12.6 Å². The van der Waals surface area contributed by atoms with Crippen molar-refractivity contribution < 1.29 is 9.90 Å². The molecule has 0 saturated carbocycles. The third-order valence-electron chi connectivity index (χ3n) is 1.69. The maximum absolute atomic E-state index is 11.1. The van der Waals surface area contributed by atoms with Crippen LogP contribution in [0.25, 0.3) is 0 Å². The van der Waals surface area contributed by atoms with E-state index >= 15 is 0 Å². The van der Waals surface area contributed by atoms with Crippen molar-refractivity contribution in [1.29, 1.82) is 0 Å². The van der Waals surface area contributed by atoms with Gasteiger partial charge in [-0.05, 0) is 33.1 Å². The second-order valence-corrected chi connectivity index (χ2v) is 3.10. The Bertz CT molecular complexity index is 169. The van der Waals surface area contributed by atoms with E-state index in [0.717, 1.165) is 13.0 Å². The van der Waals surface area contributed by atoms with Crippen LogP contribution >= 0.6 is 0 Å². The van der Waals surface area contributed by atoms with Gasteiger partial charge in [0.15, 0.2) is 0 Å². The van der Waals surface area contributed by atoms with E-state index in [4.69, 9.17) is 5.11 Å². The van der Waals surface area contributed by atoms with Crippen LogP contribution in [-0.4, -0.2) is 54.7 Å². The minimum absolute atomic E-state index is 0.221. The summed E-state index contributed by atoms with van der Waals surface area (Å²) in [7, 11) is 3.94. The number of rotatable bonds is 6. The molecule has 0 atom stereocenters. The lowest BCUT2D eigenvalue weighted by atomic mass is 10.3. The first-order valence-electron chi connectivity index (χ1n) is 4.28. The summed E-state index contributed by atoms with van der Waals surface area (Å²) in [6, 6.07) is 0. The zero-order valence-corrected chi connectivity index (χ0v) is 8.36. The van der Waals surface area contributed by atoms with Crippen LogP contribution in [0.4, 0.5) is 0 Å². The van der Waals surface area contributed by atoms with Crippen LogP contribution in [0, 0.1) is 0 Å². The molecule has 0 aromatic rings. The average molecular weight is 186 g/mol. The van der Waals surface area contributed by atoms with Crippen molar-refractivity contribution in [3.63, 3.8) is 0 Å². The summed E-state index contributed by atoms with van der Waals surface area (Å²) < 4.78 is 0. The molecule has 4 nitrogen and oxygen atoms in total. The molecular formula is C9H18N2O2. The smallest absolute Gasteiger partial charge is 0.247 e. The summed E-state index contributed by atoms with van der Waals surface area (Å²) in [6.45, 7) is 4.59. The fourth-order valence-corrected chi connectivity index (χ4v) is 0.957.